The molecule has 0 unspecified atom stereocenters. The molecular weight excluding hydrogens is 433 g/mol. The van der Waals surface area contributed by atoms with Gasteiger partial charge in [0.25, 0.3) is 5.91 Å². The topological polar surface area (TPSA) is 171 Å². The normalized spacial score (nSPS) is 28.5. The number of rotatable bonds is 7. The zero-order chi connectivity index (χ0) is 20.6. The molecule has 16 heteroatoms. The number of hydrogen-bond acceptors (Lipinski definition) is 10. The molecule has 3 aliphatic rings. The molecule has 2 bridgehead atoms. The fourth-order valence-corrected chi connectivity index (χ4v) is 4.28. The maximum absolute atomic E-state index is 12.4. The van der Waals surface area contributed by atoms with E-state index in [0.717, 1.165) is 6.42 Å². The first kappa shape index (κ1) is 23.3. The molecule has 160 valence electrons. The molecular formula is C14H20N7NaO7S. The van der Waals surface area contributed by atoms with Crippen LogP contribution in [0.1, 0.15) is 25.3 Å². The van der Waals surface area contributed by atoms with E-state index in [4.69, 9.17) is 4.84 Å². The van der Waals surface area contributed by atoms with Gasteiger partial charge in [-0.1, -0.05) is 0 Å². The minimum Gasteiger partial charge on any atom is -0.724 e. The third kappa shape index (κ3) is 5.11. The number of hydroxylamine groups is 3. The summed E-state index contributed by atoms with van der Waals surface area (Å²) in [5.74, 6) is -0.521. The van der Waals surface area contributed by atoms with Crippen molar-refractivity contribution >= 4 is 22.3 Å². The standard InChI is InChI=1S/C14H21N7O7S.Na/c22-13(18-27-8-9-5-11(6-15-9)21-16-3-4-17-21)12-2-1-10-7-19(12)14(23)20(10)28-29(24,25)26;/h3-4,9-12,15H,1-2,5-8H2,(H,18,22)(H,24,25,26);/q;+1/p-1/t9-,10+,11+,12-;/m0./s1. The zero-order valence-corrected chi connectivity index (χ0v) is 19.0. The van der Waals surface area contributed by atoms with Crippen molar-refractivity contribution in [3.8, 4) is 0 Å². The number of carbonyl (C=O) groups is 2. The second kappa shape index (κ2) is 9.44. The smallest absolute Gasteiger partial charge is 0.724 e. The van der Waals surface area contributed by atoms with Crippen LogP contribution in [0.15, 0.2) is 12.4 Å². The molecule has 30 heavy (non-hydrogen) atoms. The zero-order valence-electron chi connectivity index (χ0n) is 16.2. The third-order valence-electron chi connectivity index (χ3n) is 5.22. The molecule has 1 aromatic rings. The van der Waals surface area contributed by atoms with Gasteiger partial charge in [0.2, 0.25) is 10.4 Å². The van der Waals surface area contributed by atoms with E-state index in [9.17, 15) is 22.6 Å². The van der Waals surface area contributed by atoms with E-state index in [1.165, 1.54) is 4.90 Å². The van der Waals surface area contributed by atoms with Crippen molar-refractivity contribution in [2.24, 2.45) is 0 Å². The second-order valence-electron chi connectivity index (χ2n) is 7.11. The Labute approximate surface area is 194 Å². The minimum atomic E-state index is -5.08. The van der Waals surface area contributed by atoms with Gasteiger partial charge in [0, 0.05) is 19.1 Å². The first-order chi connectivity index (χ1) is 13.8. The van der Waals surface area contributed by atoms with Gasteiger partial charge in [0.05, 0.1) is 31.1 Å². The van der Waals surface area contributed by atoms with Gasteiger partial charge in [-0.05, 0) is 19.3 Å². The van der Waals surface area contributed by atoms with E-state index < -0.39 is 34.4 Å². The van der Waals surface area contributed by atoms with Crippen LogP contribution < -0.4 is 40.4 Å². The van der Waals surface area contributed by atoms with Crippen molar-refractivity contribution in [3.63, 3.8) is 0 Å². The summed E-state index contributed by atoms with van der Waals surface area (Å²) in [4.78, 5) is 32.8. The van der Waals surface area contributed by atoms with E-state index in [2.05, 4.69) is 25.3 Å². The Hall–Kier alpha value is -1.33. The summed E-state index contributed by atoms with van der Waals surface area (Å²) >= 11 is 0. The summed E-state index contributed by atoms with van der Waals surface area (Å²) in [6.45, 7) is 0.993. The molecule has 4 atom stereocenters. The van der Waals surface area contributed by atoms with E-state index in [-0.39, 0.29) is 54.8 Å². The molecule has 3 fully saturated rings. The molecule has 4 heterocycles. The van der Waals surface area contributed by atoms with Crippen molar-refractivity contribution in [3.05, 3.63) is 12.4 Å². The number of carbonyl (C=O) groups excluding carboxylic acids is 2. The van der Waals surface area contributed by atoms with E-state index >= 15 is 0 Å². The predicted molar refractivity (Wildman–Crippen MR) is 91.1 cm³/mol. The first-order valence-corrected chi connectivity index (χ1v) is 10.4. The number of hydrogen-bond donors (Lipinski definition) is 2. The number of piperidine rings is 1. The number of nitrogens with zero attached hydrogens (tertiary/aromatic N) is 5. The summed E-state index contributed by atoms with van der Waals surface area (Å²) in [6.07, 6.45) is 4.56. The van der Waals surface area contributed by atoms with Crippen LogP contribution in [0.2, 0.25) is 0 Å². The van der Waals surface area contributed by atoms with Crippen molar-refractivity contribution in [2.75, 3.05) is 19.7 Å². The van der Waals surface area contributed by atoms with Crippen molar-refractivity contribution < 1.29 is 61.2 Å². The number of urea groups is 1. The van der Waals surface area contributed by atoms with Crippen LogP contribution in [0, 0.1) is 0 Å². The molecule has 0 aliphatic carbocycles. The minimum absolute atomic E-state index is 0. The summed E-state index contributed by atoms with van der Waals surface area (Å²) in [5, 5.41) is 12.0. The van der Waals surface area contributed by atoms with Gasteiger partial charge >= 0.3 is 35.6 Å². The predicted octanol–water partition coefficient (Wildman–Crippen LogP) is -5.11. The number of amides is 3. The molecule has 1 aromatic heterocycles. The second-order valence-corrected chi connectivity index (χ2v) is 8.08. The van der Waals surface area contributed by atoms with Crippen molar-refractivity contribution in [1.82, 2.24) is 35.8 Å². The van der Waals surface area contributed by atoms with E-state index in [1.54, 1.807) is 17.2 Å². The van der Waals surface area contributed by atoms with Gasteiger partial charge in [-0.15, -0.1) is 0 Å². The summed E-state index contributed by atoms with van der Waals surface area (Å²) < 4.78 is 36.6. The van der Waals surface area contributed by atoms with Gasteiger partial charge in [-0.25, -0.2) is 18.7 Å². The van der Waals surface area contributed by atoms with E-state index in [1.807, 2.05) is 0 Å². The third-order valence-corrected chi connectivity index (χ3v) is 5.56. The quantitative estimate of drug-likeness (QED) is 0.176. The fourth-order valence-electron chi connectivity index (χ4n) is 3.90. The Morgan fingerprint density at radius 2 is 2.03 bits per heavy atom. The molecule has 0 spiro atoms. The van der Waals surface area contributed by atoms with Crippen LogP contribution in [-0.2, 0) is 24.3 Å². The molecule has 0 radical (unpaired) electrons. The molecule has 2 N–H and O–H groups in total. The summed E-state index contributed by atoms with van der Waals surface area (Å²) in [6, 6.07) is -2.15. The van der Waals surface area contributed by atoms with Crippen LogP contribution in [0.4, 0.5) is 4.79 Å². The van der Waals surface area contributed by atoms with E-state index in [0.29, 0.717) is 24.4 Å². The molecule has 0 saturated carbocycles. The summed E-state index contributed by atoms with van der Waals surface area (Å²) in [5.41, 5.74) is 2.35. The summed E-state index contributed by atoms with van der Waals surface area (Å²) in [7, 11) is -5.08. The van der Waals surface area contributed by atoms with Crippen LogP contribution in [0.25, 0.3) is 0 Å². The number of nitrogens with one attached hydrogen (secondary N) is 2. The molecule has 3 amide bonds. The van der Waals surface area contributed by atoms with Crippen LogP contribution in [0.3, 0.4) is 0 Å². The number of aromatic nitrogens is 3. The van der Waals surface area contributed by atoms with Crippen LogP contribution in [0.5, 0.6) is 0 Å². The fraction of sp³-hybridized carbons (Fsp3) is 0.714. The van der Waals surface area contributed by atoms with Crippen LogP contribution in [-0.4, -0.2) is 87.7 Å². The molecule has 14 nitrogen and oxygen atoms in total. The maximum atomic E-state index is 12.4. The van der Waals surface area contributed by atoms with Gasteiger partial charge < -0.3 is 14.8 Å². The Morgan fingerprint density at radius 1 is 1.30 bits per heavy atom. The maximum Gasteiger partial charge on any atom is 1.00 e. The van der Waals surface area contributed by atoms with Gasteiger partial charge in [0.15, 0.2) is 0 Å². The first-order valence-electron chi connectivity index (χ1n) is 9.08. The Morgan fingerprint density at radius 3 is 2.73 bits per heavy atom. The largest absolute Gasteiger partial charge is 1.00 e. The Bertz CT molecular complexity index is 870. The average molecular weight is 453 g/mol. The van der Waals surface area contributed by atoms with Crippen molar-refractivity contribution in [2.45, 2.75) is 43.4 Å². The van der Waals surface area contributed by atoms with Gasteiger partial charge in [-0.3, -0.25) is 9.63 Å². The molecule has 3 aliphatic heterocycles. The SMILES string of the molecule is O=C(NOC[C@@H]1C[C@@H](n2nccn2)CN1)[C@@H]1CC[C@@H]2CN1C(=O)N2OS(=O)(=O)[O-].[Na+]. The molecule has 0 aromatic carbocycles. The van der Waals surface area contributed by atoms with Crippen LogP contribution >= 0.6 is 0 Å². The Balaban J connectivity index is 0.00000256. The van der Waals surface area contributed by atoms with Crippen molar-refractivity contribution in [1.29, 1.82) is 0 Å². The molecule has 3 saturated heterocycles. The Kier molecular flexibility index (Phi) is 7.34. The van der Waals surface area contributed by atoms with Gasteiger partial charge in [-0.2, -0.15) is 24.3 Å². The average Bonchev–Trinajstić information content (AvgIpc) is 3.39. The molecule has 4 rings (SSSR count). The number of fused-ring (bicyclic) bond motifs is 2. The monoisotopic (exact) mass is 453 g/mol. The van der Waals surface area contributed by atoms with Gasteiger partial charge in [0.1, 0.15) is 6.04 Å².